The van der Waals surface area contributed by atoms with E-state index < -0.39 is 11.4 Å². The number of aliphatic hydroxyl groups is 1. The third-order valence-corrected chi connectivity index (χ3v) is 7.43. The minimum absolute atomic E-state index is 0.0156. The standard InChI is InChI=1S/C25H39ClFN3O4/c1-33-13-3-2-11-25(32,21-9-4-10-22(26)23(21)27)18-7-5-12-30(17-18)24(31)29-19(16-28)15-20-8-6-14-34-20/h4,9-10,18-20,32H,2-3,5-8,11-17,28H2,1H3,(H,29,31)/t18-,19+,20?,25+/m1/s1. The van der Waals surface area contributed by atoms with Crippen LogP contribution in [-0.2, 0) is 15.1 Å². The third kappa shape index (κ3) is 6.82. The number of likely N-dealkylation sites (tertiary alicyclic amines) is 1. The zero-order chi connectivity index (χ0) is 24.6. The van der Waals surface area contributed by atoms with Gasteiger partial charge in [-0.15, -0.1) is 0 Å². The van der Waals surface area contributed by atoms with Crippen molar-refractivity contribution in [3.05, 3.63) is 34.6 Å². The highest BCUT2D eigenvalue weighted by Crippen LogP contribution is 2.42. The number of carbonyl (C=O) groups is 1. The maximum atomic E-state index is 15.1. The summed E-state index contributed by atoms with van der Waals surface area (Å²) in [5.41, 5.74) is 4.68. The maximum absolute atomic E-state index is 15.1. The summed E-state index contributed by atoms with van der Waals surface area (Å²) in [6.45, 7) is 2.57. The Labute approximate surface area is 207 Å². The molecule has 0 aromatic heterocycles. The number of hydrogen-bond acceptors (Lipinski definition) is 5. The first-order valence-corrected chi connectivity index (χ1v) is 12.8. The highest BCUT2D eigenvalue weighted by atomic mass is 35.5. The van der Waals surface area contributed by atoms with E-state index in [1.165, 1.54) is 6.07 Å². The van der Waals surface area contributed by atoms with E-state index >= 15 is 4.39 Å². The molecule has 0 spiro atoms. The SMILES string of the molecule is COCCCC[C@@](O)(c1cccc(Cl)c1F)[C@@H]1CCCN(C(=O)N[C@H](CN)CC2CCCO2)C1. The average Bonchev–Trinajstić information content (AvgIpc) is 3.36. The van der Waals surface area contributed by atoms with E-state index in [-0.39, 0.29) is 34.7 Å². The summed E-state index contributed by atoms with van der Waals surface area (Å²) < 4.78 is 25.9. The largest absolute Gasteiger partial charge is 0.385 e. The second-order valence-corrected chi connectivity index (χ2v) is 9.92. The molecule has 0 aliphatic carbocycles. The molecular weight excluding hydrogens is 461 g/mol. The Balaban J connectivity index is 1.72. The van der Waals surface area contributed by atoms with Crippen molar-refractivity contribution >= 4 is 17.6 Å². The van der Waals surface area contributed by atoms with Crippen molar-refractivity contribution in [3.63, 3.8) is 0 Å². The van der Waals surface area contributed by atoms with Gasteiger partial charge in [-0.2, -0.15) is 0 Å². The molecule has 0 bridgehead atoms. The number of benzene rings is 1. The Hall–Kier alpha value is -1.45. The summed E-state index contributed by atoms with van der Waals surface area (Å²) >= 11 is 6.06. The van der Waals surface area contributed by atoms with Crippen LogP contribution in [0.2, 0.25) is 5.02 Å². The average molecular weight is 500 g/mol. The van der Waals surface area contributed by atoms with Crippen LogP contribution in [0.5, 0.6) is 0 Å². The van der Waals surface area contributed by atoms with Gasteiger partial charge in [-0.25, -0.2) is 9.18 Å². The van der Waals surface area contributed by atoms with Gasteiger partial charge in [0, 0.05) is 57.5 Å². The van der Waals surface area contributed by atoms with Gasteiger partial charge in [-0.05, 0) is 57.4 Å². The summed E-state index contributed by atoms with van der Waals surface area (Å²) in [7, 11) is 1.63. The number of carbonyl (C=O) groups excluding carboxylic acids is 1. The molecule has 34 heavy (non-hydrogen) atoms. The molecule has 9 heteroatoms. The molecule has 1 unspecified atom stereocenters. The number of hydrogen-bond donors (Lipinski definition) is 3. The normalized spacial score (nSPS) is 23.5. The van der Waals surface area contributed by atoms with Gasteiger partial charge in [0.25, 0.3) is 0 Å². The number of nitrogens with zero attached hydrogens (tertiary/aromatic N) is 1. The molecule has 2 aliphatic heterocycles. The summed E-state index contributed by atoms with van der Waals surface area (Å²) in [6, 6.07) is 4.36. The molecule has 1 aromatic rings. The van der Waals surface area contributed by atoms with E-state index in [1.54, 1.807) is 24.1 Å². The molecule has 4 N–H and O–H groups in total. The van der Waals surface area contributed by atoms with Crippen LogP contribution in [0.3, 0.4) is 0 Å². The van der Waals surface area contributed by atoms with E-state index in [0.717, 1.165) is 32.3 Å². The number of ether oxygens (including phenoxy) is 2. The molecule has 2 amide bonds. The lowest BCUT2D eigenvalue weighted by molar-refractivity contribution is -0.0587. The van der Waals surface area contributed by atoms with E-state index in [1.807, 2.05) is 0 Å². The first-order chi connectivity index (χ1) is 16.4. The Bertz CT molecular complexity index is 795. The number of nitrogens with two attached hydrogens (primary N) is 1. The summed E-state index contributed by atoms with van der Waals surface area (Å²) in [5, 5.41) is 14.9. The van der Waals surface area contributed by atoms with Gasteiger partial charge in [-0.1, -0.05) is 23.7 Å². The minimum atomic E-state index is -1.44. The highest BCUT2D eigenvalue weighted by molar-refractivity contribution is 6.30. The van der Waals surface area contributed by atoms with Crippen molar-refractivity contribution in [1.82, 2.24) is 10.2 Å². The number of methoxy groups -OCH3 is 1. The minimum Gasteiger partial charge on any atom is -0.385 e. The lowest BCUT2D eigenvalue weighted by Crippen LogP contribution is -2.54. The predicted molar refractivity (Wildman–Crippen MR) is 130 cm³/mol. The summed E-state index contributed by atoms with van der Waals surface area (Å²) in [6.07, 6.45) is 6.02. The molecule has 0 radical (unpaired) electrons. The second kappa shape index (κ2) is 13.0. The lowest BCUT2D eigenvalue weighted by atomic mass is 9.74. The molecule has 2 heterocycles. The molecule has 192 valence electrons. The topological polar surface area (TPSA) is 97.1 Å². The van der Waals surface area contributed by atoms with Gasteiger partial charge in [0.15, 0.2) is 0 Å². The van der Waals surface area contributed by atoms with Crippen LogP contribution in [0, 0.1) is 11.7 Å². The second-order valence-electron chi connectivity index (χ2n) is 9.51. The quantitative estimate of drug-likeness (QED) is 0.402. The van der Waals surface area contributed by atoms with Crippen LogP contribution in [0.1, 0.15) is 56.9 Å². The van der Waals surface area contributed by atoms with Gasteiger partial charge < -0.3 is 30.5 Å². The van der Waals surface area contributed by atoms with Gasteiger partial charge in [0.05, 0.1) is 16.7 Å². The van der Waals surface area contributed by atoms with Crippen LogP contribution >= 0.6 is 11.6 Å². The number of piperidine rings is 1. The number of nitrogens with one attached hydrogen (secondary N) is 1. The van der Waals surface area contributed by atoms with Gasteiger partial charge in [0.1, 0.15) is 5.82 Å². The zero-order valence-electron chi connectivity index (χ0n) is 20.1. The molecule has 2 saturated heterocycles. The maximum Gasteiger partial charge on any atom is 0.317 e. The van der Waals surface area contributed by atoms with Crippen LogP contribution in [0.25, 0.3) is 0 Å². The zero-order valence-corrected chi connectivity index (χ0v) is 20.9. The summed E-state index contributed by atoms with van der Waals surface area (Å²) in [4.78, 5) is 14.8. The first-order valence-electron chi connectivity index (χ1n) is 12.4. The van der Waals surface area contributed by atoms with E-state index in [9.17, 15) is 9.90 Å². The summed E-state index contributed by atoms with van der Waals surface area (Å²) in [5.74, 6) is -0.920. The number of halogens is 2. The molecule has 7 nitrogen and oxygen atoms in total. The number of rotatable bonds is 11. The van der Waals surface area contributed by atoms with Crippen molar-refractivity contribution < 1.29 is 23.8 Å². The lowest BCUT2D eigenvalue weighted by Gasteiger charge is -2.43. The first kappa shape index (κ1) is 27.1. The van der Waals surface area contributed by atoms with E-state index in [2.05, 4.69) is 5.32 Å². The van der Waals surface area contributed by atoms with Crippen LogP contribution in [0.4, 0.5) is 9.18 Å². The van der Waals surface area contributed by atoms with Gasteiger partial charge >= 0.3 is 6.03 Å². The molecule has 0 saturated carbocycles. The van der Waals surface area contributed by atoms with Crippen molar-refractivity contribution in [2.24, 2.45) is 11.7 Å². The fourth-order valence-electron chi connectivity index (χ4n) is 5.22. The fourth-order valence-corrected chi connectivity index (χ4v) is 5.39. The van der Waals surface area contributed by atoms with Crippen molar-refractivity contribution in [2.45, 2.75) is 69.1 Å². The van der Waals surface area contributed by atoms with Gasteiger partial charge in [0.2, 0.25) is 0 Å². The molecule has 4 atom stereocenters. The predicted octanol–water partition coefficient (Wildman–Crippen LogP) is 3.80. The van der Waals surface area contributed by atoms with Crippen LogP contribution in [0.15, 0.2) is 18.2 Å². The highest BCUT2D eigenvalue weighted by Gasteiger charge is 2.43. The molecule has 2 fully saturated rings. The smallest absolute Gasteiger partial charge is 0.317 e. The molecule has 3 rings (SSSR count). The van der Waals surface area contributed by atoms with Crippen LogP contribution < -0.4 is 11.1 Å². The molecule has 2 aliphatic rings. The Morgan fingerprint density at radius 2 is 2.24 bits per heavy atom. The third-order valence-electron chi connectivity index (χ3n) is 7.14. The Morgan fingerprint density at radius 3 is 2.94 bits per heavy atom. The monoisotopic (exact) mass is 499 g/mol. The Morgan fingerprint density at radius 1 is 1.41 bits per heavy atom. The van der Waals surface area contributed by atoms with Crippen molar-refractivity contribution in [2.75, 3.05) is 40.0 Å². The molecule has 1 aromatic carbocycles. The fraction of sp³-hybridized carbons (Fsp3) is 0.720. The van der Waals surface area contributed by atoms with E-state index in [0.29, 0.717) is 51.9 Å². The number of amides is 2. The number of urea groups is 1. The van der Waals surface area contributed by atoms with E-state index in [4.69, 9.17) is 26.8 Å². The van der Waals surface area contributed by atoms with Gasteiger partial charge in [-0.3, -0.25) is 0 Å². The Kier molecular flexibility index (Phi) is 10.4. The van der Waals surface area contributed by atoms with Crippen molar-refractivity contribution in [3.8, 4) is 0 Å². The number of unbranched alkanes of at least 4 members (excludes halogenated alkanes) is 1. The van der Waals surface area contributed by atoms with Crippen molar-refractivity contribution in [1.29, 1.82) is 0 Å². The van der Waals surface area contributed by atoms with Crippen LogP contribution in [-0.4, -0.2) is 68.1 Å². The molecular formula is C25H39ClFN3O4.